The number of aromatic nitrogens is 1. The molecule has 0 aliphatic heterocycles. The van der Waals surface area contributed by atoms with E-state index >= 15 is 0 Å². The highest BCUT2D eigenvalue weighted by molar-refractivity contribution is 7.17. The van der Waals surface area contributed by atoms with Crippen LogP contribution in [0.5, 0.6) is 0 Å². The van der Waals surface area contributed by atoms with Crippen LogP contribution >= 0.6 is 11.3 Å². The second-order valence-corrected chi connectivity index (χ2v) is 5.77. The fourth-order valence-corrected chi connectivity index (χ4v) is 3.07. The first-order valence-electron chi connectivity index (χ1n) is 6.72. The average molecular weight is 336 g/mol. The minimum Gasteiger partial charge on any atom is -0.346 e. The molecule has 3 rings (SSSR count). The Hall–Kier alpha value is -2.41. The zero-order valence-electron chi connectivity index (χ0n) is 11.7. The van der Waals surface area contributed by atoms with Gasteiger partial charge in [0.25, 0.3) is 5.91 Å². The van der Waals surface area contributed by atoms with Gasteiger partial charge in [0.15, 0.2) is 0 Å². The first kappa shape index (κ1) is 15.5. The van der Waals surface area contributed by atoms with Gasteiger partial charge in [0, 0.05) is 21.7 Å². The molecule has 0 fully saturated rings. The number of nitrogens with zero attached hydrogens (tertiary/aromatic N) is 1. The summed E-state index contributed by atoms with van der Waals surface area (Å²) >= 11 is 1.24. The molecule has 0 saturated carbocycles. The predicted octanol–water partition coefficient (Wildman–Crippen LogP) is 4.25. The van der Waals surface area contributed by atoms with Gasteiger partial charge in [-0.3, -0.25) is 9.78 Å². The Labute approximate surface area is 133 Å². The SMILES string of the molecule is O=C(NCc1ccccn1)c1csc2ccc(C(F)(F)F)cc12. The number of carbonyl (C=O) groups is 1. The Morgan fingerprint density at radius 1 is 1.22 bits per heavy atom. The molecule has 0 bridgehead atoms. The summed E-state index contributed by atoms with van der Waals surface area (Å²) in [6.07, 6.45) is -2.82. The lowest BCUT2D eigenvalue weighted by Gasteiger charge is -2.07. The standard InChI is InChI=1S/C16H11F3N2OS/c17-16(18,19)10-4-5-14-12(7-10)13(9-23-14)15(22)21-8-11-3-1-2-6-20-11/h1-7,9H,8H2,(H,21,22). The van der Waals surface area contributed by atoms with Crippen LogP contribution in [0.2, 0.25) is 0 Å². The molecule has 7 heteroatoms. The van der Waals surface area contributed by atoms with E-state index in [0.717, 1.165) is 12.1 Å². The van der Waals surface area contributed by atoms with Gasteiger partial charge in [-0.15, -0.1) is 11.3 Å². The van der Waals surface area contributed by atoms with Gasteiger partial charge in [0.2, 0.25) is 0 Å². The number of carbonyl (C=O) groups excluding carboxylic acids is 1. The number of thiophene rings is 1. The van der Waals surface area contributed by atoms with Crippen LogP contribution in [0, 0.1) is 0 Å². The van der Waals surface area contributed by atoms with Gasteiger partial charge in [-0.2, -0.15) is 13.2 Å². The van der Waals surface area contributed by atoms with Crippen LogP contribution in [0.4, 0.5) is 13.2 Å². The fourth-order valence-electron chi connectivity index (χ4n) is 2.15. The van der Waals surface area contributed by atoms with Crippen molar-refractivity contribution in [2.24, 2.45) is 0 Å². The number of alkyl halides is 3. The average Bonchev–Trinajstić information content (AvgIpc) is 2.96. The molecular formula is C16H11F3N2OS. The van der Waals surface area contributed by atoms with Crippen LogP contribution in [-0.2, 0) is 12.7 Å². The number of pyridine rings is 1. The number of benzene rings is 1. The fraction of sp³-hybridized carbons (Fsp3) is 0.125. The Bertz CT molecular complexity index is 843. The molecule has 0 atom stereocenters. The lowest BCUT2D eigenvalue weighted by atomic mass is 10.1. The van der Waals surface area contributed by atoms with E-state index in [-0.39, 0.29) is 12.1 Å². The number of halogens is 3. The van der Waals surface area contributed by atoms with Crippen LogP contribution in [-0.4, -0.2) is 10.9 Å². The molecule has 118 valence electrons. The molecule has 3 aromatic rings. The number of rotatable bonds is 3. The molecule has 0 aliphatic rings. The first-order chi connectivity index (χ1) is 10.9. The molecule has 0 unspecified atom stereocenters. The maximum atomic E-state index is 12.8. The van der Waals surface area contributed by atoms with Gasteiger partial charge in [0.1, 0.15) is 0 Å². The maximum Gasteiger partial charge on any atom is 0.416 e. The minimum atomic E-state index is -4.43. The molecule has 1 aromatic carbocycles. The van der Waals surface area contributed by atoms with Gasteiger partial charge in [-0.1, -0.05) is 6.07 Å². The van der Waals surface area contributed by atoms with Crippen molar-refractivity contribution < 1.29 is 18.0 Å². The van der Waals surface area contributed by atoms with E-state index in [1.54, 1.807) is 29.8 Å². The Morgan fingerprint density at radius 3 is 2.74 bits per heavy atom. The van der Waals surface area contributed by atoms with Crippen molar-refractivity contribution in [2.45, 2.75) is 12.7 Å². The quantitative estimate of drug-likeness (QED) is 0.777. The molecule has 2 heterocycles. The van der Waals surface area contributed by atoms with Gasteiger partial charge >= 0.3 is 6.18 Å². The molecule has 0 spiro atoms. The predicted molar refractivity (Wildman–Crippen MR) is 82.2 cm³/mol. The molecule has 0 radical (unpaired) electrons. The Balaban J connectivity index is 1.85. The summed E-state index contributed by atoms with van der Waals surface area (Å²) in [5.74, 6) is -0.416. The largest absolute Gasteiger partial charge is 0.416 e. The van der Waals surface area contributed by atoms with Crippen molar-refractivity contribution in [1.29, 1.82) is 0 Å². The van der Waals surface area contributed by atoms with Crippen LogP contribution < -0.4 is 5.32 Å². The smallest absolute Gasteiger partial charge is 0.346 e. The number of nitrogens with one attached hydrogen (secondary N) is 1. The van der Waals surface area contributed by atoms with E-state index in [0.29, 0.717) is 15.8 Å². The molecular weight excluding hydrogens is 325 g/mol. The van der Waals surface area contributed by atoms with Crippen molar-refractivity contribution in [2.75, 3.05) is 0 Å². The van der Waals surface area contributed by atoms with E-state index in [9.17, 15) is 18.0 Å². The van der Waals surface area contributed by atoms with Gasteiger partial charge in [-0.25, -0.2) is 0 Å². The number of hydrogen-bond acceptors (Lipinski definition) is 3. The van der Waals surface area contributed by atoms with Gasteiger partial charge in [-0.05, 0) is 30.3 Å². The van der Waals surface area contributed by atoms with Crippen LogP contribution in [0.15, 0.2) is 48.0 Å². The number of hydrogen-bond donors (Lipinski definition) is 1. The molecule has 0 saturated heterocycles. The minimum absolute atomic E-state index is 0.218. The Kier molecular flexibility index (Phi) is 4.04. The summed E-state index contributed by atoms with van der Waals surface area (Å²) in [4.78, 5) is 16.3. The number of amides is 1. The zero-order chi connectivity index (χ0) is 16.4. The molecule has 0 aliphatic carbocycles. The van der Waals surface area contributed by atoms with E-state index in [4.69, 9.17) is 0 Å². The second-order valence-electron chi connectivity index (χ2n) is 4.86. The van der Waals surface area contributed by atoms with Crippen LogP contribution in [0.25, 0.3) is 10.1 Å². The topological polar surface area (TPSA) is 42.0 Å². The maximum absolute atomic E-state index is 12.8. The van der Waals surface area contributed by atoms with Gasteiger partial charge < -0.3 is 5.32 Å². The summed E-state index contributed by atoms with van der Waals surface area (Å²) in [6.45, 7) is 0.218. The Morgan fingerprint density at radius 2 is 2.04 bits per heavy atom. The first-order valence-corrected chi connectivity index (χ1v) is 7.59. The number of fused-ring (bicyclic) bond motifs is 1. The third kappa shape index (κ3) is 3.34. The second kappa shape index (κ2) is 6.00. The lowest BCUT2D eigenvalue weighted by molar-refractivity contribution is -0.137. The third-order valence-corrected chi connectivity index (χ3v) is 4.27. The zero-order valence-corrected chi connectivity index (χ0v) is 12.5. The highest BCUT2D eigenvalue weighted by Crippen LogP contribution is 2.34. The summed E-state index contributed by atoms with van der Waals surface area (Å²) < 4.78 is 39.1. The summed E-state index contributed by atoms with van der Waals surface area (Å²) in [6, 6.07) is 8.74. The highest BCUT2D eigenvalue weighted by atomic mass is 32.1. The van der Waals surface area contributed by atoms with E-state index in [2.05, 4.69) is 10.3 Å². The summed E-state index contributed by atoms with van der Waals surface area (Å²) in [7, 11) is 0. The molecule has 3 nitrogen and oxygen atoms in total. The molecule has 1 N–H and O–H groups in total. The van der Waals surface area contributed by atoms with E-state index in [1.807, 2.05) is 0 Å². The molecule has 2 aromatic heterocycles. The van der Waals surface area contributed by atoms with Crippen molar-refractivity contribution in [3.05, 3.63) is 64.8 Å². The normalized spacial score (nSPS) is 11.6. The summed E-state index contributed by atoms with van der Waals surface area (Å²) in [5, 5.41) is 4.55. The third-order valence-electron chi connectivity index (χ3n) is 3.30. The lowest BCUT2D eigenvalue weighted by Crippen LogP contribution is -2.23. The molecule has 23 heavy (non-hydrogen) atoms. The monoisotopic (exact) mass is 336 g/mol. The van der Waals surface area contributed by atoms with Crippen molar-refractivity contribution in [3.8, 4) is 0 Å². The highest BCUT2D eigenvalue weighted by Gasteiger charge is 2.31. The molecule has 1 amide bonds. The van der Waals surface area contributed by atoms with Gasteiger partial charge in [0.05, 0.1) is 23.4 Å². The van der Waals surface area contributed by atoms with E-state index < -0.39 is 17.6 Å². The summed E-state index contributed by atoms with van der Waals surface area (Å²) in [5.41, 5.74) is 0.158. The van der Waals surface area contributed by atoms with Crippen LogP contribution in [0.3, 0.4) is 0 Å². The van der Waals surface area contributed by atoms with Crippen molar-refractivity contribution in [1.82, 2.24) is 10.3 Å². The van der Waals surface area contributed by atoms with Crippen LogP contribution in [0.1, 0.15) is 21.6 Å². The van der Waals surface area contributed by atoms with E-state index in [1.165, 1.54) is 17.4 Å². The van der Waals surface area contributed by atoms with Crippen molar-refractivity contribution in [3.63, 3.8) is 0 Å². The van der Waals surface area contributed by atoms with Crippen molar-refractivity contribution >= 4 is 27.3 Å².